The van der Waals surface area contributed by atoms with Crippen molar-refractivity contribution in [3.05, 3.63) is 30.3 Å². The standard InChI is InChI=1S/C13H19NO/c1-11-7-6-10-14(13(11,2)15)12-8-4-3-5-9-12/h3-5,8-9,11,15H,6-7,10H2,1-2H3. The van der Waals surface area contributed by atoms with E-state index < -0.39 is 5.72 Å². The molecule has 1 N–H and O–H groups in total. The molecule has 15 heavy (non-hydrogen) atoms. The molecule has 1 aliphatic heterocycles. The third-order valence-corrected chi connectivity index (χ3v) is 3.57. The molecule has 2 unspecified atom stereocenters. The van der Waals surface area contributed by atoms with Crippen molar-refractivity contribution >= 4 is 5.69 Å². The number of para-hydroxylation sites is 1. The van der Waals surface area contributed by atoms with E-state index >= 15 is 0 Å². The highest BCUT2D eigenvalue weighted by Crippen LogP contribution is 2.34. The molecule has 1 aromatic rings. The van der Waals surface area contributed by atoms with E-state index in [1.165, 1.54) is 0 Å². The van der Waals surface area contributed by atoms with Crippen molar-refractivity contribution in [1.29, 1.82) is 0 Å². The number of rotatable bonds is 1. The fraction of sp³-hybridized carbons (Fsp3) is 0.538. The van der Waals surface area contributed by atoms with Gasteiger partial charge in [0.1, 0.15) is 5.72 Å². The van der Waals surface area contributed by atoms with E-state index in [9.17, 15) is 5.11 Å². The monoisotopic (exact) mass is 205 g/mol. The van der Waals surface area contributed by atoms with Gasteiger partial charge in [-0.3, -0.25) is 0 Å². The Balaban J connectivity index is 2.28. The molecule has 1 heterocycles. The van der Waals surface area contributed by atoms with Gasteiger partial charge in [0.25, 0.3) is 0 Å². The van der Waals surface area contributed by atoms with E-state index in [1.807, 2.05) is 25.1 Å². The molecular formula is C13H19NO. The van der Waals surface area contributed by atoms with Gasteiger partial charge in [0.05, 0.1) is 0 Å². The number of benzene rings is 1. The van der Waals surface area contributed by atoms with Gasteiger partial charge in [0.2, 0.25) is 0 Å². The summed E-state index contributed by atoms with van der Waals surface area (Å²) >= 11 is 0. The Morgan fingerprint density at radius 2 is 2.00 bits per heavy atom. The first-order valence-electron chi connectivity index (χ1n) is 5.67. The SMILES string of the molecule is CC1CCCN(c2ccccc2)C1(C)O. The summed E-state index contributed by atoms with van der Waals surface area (Å²) in [6.07, 6.45) is 2.27. The number of anilines is 1. The van der Waals surface area contributed by atoms with Crippen LogP contribution in [-0.2, 0) is 0 Å². The van der Waals surface area contributed by atoms with Crippen LogP contribution >= 0.6 is 0 Å². The van der Waals surface area contributed by atoms with Gasteiger partial charge in [-0.05, 0) is 31.9 Å². The highest BCUT2D eigenvalue weighted by Gasteiger charge is 2.37. The molecule has 0 aliphatic carbocycles. The highest BCUT2D eigenvalue weighted by molar-refractivity contribution is 5.48. The Morgan fingerprint density at radius 1 is 1.33 bits per heavy atom. The van der Waals surface area contributed by atoms with Crippen molar-refractivity contribution in [2.24, 2.45) is 5.92 Å². The maximum absolute atomic E-state index is 10.5. The van der Waals surface area contributed by atoms with Gasteiger partial charge in [-0.1, -0.05) is 25.1 Å². The minimum Gasteiger partial charge on any atom is -0.371 e. The largest absolute Gasteiger partial charge is 0.371 e. The van der Waals surface area contributed by atoms with Crippen molar-refractivity contribution in [1.82, 2.24) is 0 Å². The van der Waals surface area contributed by atoms with E-state index in [0.29, 0.717) is 5.92 Å². The second kappa shape index (κ2) is 3.86. The zero-order chi connectivity index (χ0) is 10.9. The predicted molar refractivity (Wildman–Crippen MR) is 62.8 cm³/mol. The van der Waals surface area contributed by atoms with Crippen molar-refractivity contribution in [2.75, 3.05) is 11.4 Å². The van der Waals surface area contributed by atoms with Crippen LogP contribution in [0.3, 0.4) is 0 Å². The Bertz CT molecular complexity index is 321. The summed E-state index contributed by atoms with van der Waals surface area (Å²) in [5.74, 6) is 0.325. The van der Waals surface area contributed by atoms with Crippen LogP contribution in [0.15, 0.2) is 30.3 Å². The first-order chi connectivity index (χ1) is 7.12. The lowest BCUT2D eigenvalue weighted by Gasteiger charge is -2.46. The average Bonchev–Trinajstić information content (AvgIpc) is 2.23. The van der Waals surface area contributed by atoms with Crippen molar-refractivity contribution in [3.63, 3.8) is 0 Å². The van der Waals surface area contributed by atoms with Gasteiger partial charge < -0.3 is 10.0 Å². The molecule has 2 heteroatoms. The third-order valence-electron chi connectivity index (χ3n) is 3.57. The van der Waals surface area contributed by atoms with Crippen LogP contribution in [0.4, 0.5) is 5.69 Å². The Labute approximate surface area is 91.5 Å². The topological polar surface area (TPSA) is 23.5 Å². The van der Waals surface area contributed by atoms with Crippen LogP contribution in [0.25, 0.3) is 0 Å². The molecule has 2 nitrogen and oxygen atoms in total. The second-order valence-electron chi connectivity index (χ2n) is 4.62. The molecule has 1 saturated heterocycles. The number of hydrogen-bond acceptors (Lipinski definition) is 2. The molecule has 2 atom stereocenters. The van der Waals surface area contributed by atoms with Gasteiger partial charge in [0.15, 0.2) is 0 Å². The molecule has 0 bridgehead atoms. The fourth-order valence-electron chi connectivity index (χ4n) is 2.32. The predicted octanol–water partition coefficient (Wildman–Crippen LogP) is 2.63. The second-order valence-corrected chi connectivity index (χ2v) is 4.62. The molecule has 1 aliphatic rings. The van der Waals surface area contributed by atoms with Crippen molar-refractivity contribution in [2.45, 2.75) is 32.4 Å². The Morgan fingerprint density at radius 3 is 2.67 bits per heavy atom. The van der Waals surface area contributed by atoms with E-state index in [2.05, 4.69) is 24.0 Å². The maximum atomic E-state index is 10.5. The zero-order valence-electron chi connectivity index (χ0n) is 9.48. The summed E-state index contributed by atoms with van der Waals surface area (Å²) in [7, 11) is 0. The lowest BCUT2D eigenvalue weighted by atomic mass is 9.88. The first kappa shape index (κ1) is 10.5. The van der Waals surface area contributed by atoms with E-state index in [4.69, 9.17) is 0 Å². The lowest BCUT2D eigenvalue weighted by molar-refractivity contribution is -0.0150. The van der Waals surface area contributed by atoms with Gasteiger partial charge in [-0.25, -0.2) is 0 Å². The van der Waals surface area contributed by atoms with Gasteiger partial charge in [-0.2, -0.15) is 0 Å². The van der Waals surface area contributed by atoms with Gasteiger partial charge >= 0.3 is 0 Å². The smallest absolute Gasteiger partial charge is 0.137 e. The third kappa shape index (κ3) is 1.86. The van der Waals surface area contributed by atoms with E-state index in [-0.39, 0.29) is 0 Å². The van der Waals surface area contributed by atoms with Crippen LogP contribution in [0, 0.1) is 5.92 Å². The van der Waals surface area contributed by atoms with Crippen LogP contribution < -0.4 is 4.90 Å². The fourth-order valence-corrected chi connectivity index (χ4v) is 2.32. The number of nitrogens with zero attached hydrogens (tertiary/aromatic N) is 1. The summed E-state index contributed by atoms with van der Waals surface area (Å²) < 4.78 is 0. The highest BCUT2D eigenvalue weighted by atomic mass is 16.3. The summed E-state index contributed by atoms with van der Waals surface area (Å²) in [4.78, 5) is 2.11. The molecule has 0 aromatic heterocycles. The molecule has 0 saturated carbocycles. The molecular weight excluding hydrogens is 186 g/mol. The molecule has 1 aromatic carbocycles. The van der Waals surface area contributed by atoms with Crippen molar-refractivity contribution < 1.29 is 5.11 Å². The zero-order valence-corrected chi connectivity index (χ0v) is 9.48. The van der Waals surface area contributed by atoms with Crippen LogP contribution in [0.1, 0.15) is 26.7 Å². The number of hydrogen-bond donors (Lipinski definition) is 1. The minimum atomic E-state index is -0.709. The molecule has 0 radical (unpaired) electrons. The molecule has 1 fully saturated rings. The van der Waals surface area contributed by atoms with Crippen LogP contribution in [0.5, 0.6) is 0 Å². The summed E-state index contributed by atoms with van der Waals surface area (Å²) in [6.45, 7) is 4.99. The van der Waals surface area contributed by atoms with Crippen molar-refractivity contribution in [3.8, 4) is 0 Å². The molecule has 82 valence electrons. The maximum Gasteiger partial charge on any atom is 0.137 e. The van der Waals surface area contributed by atoms with Gasteiger partial charge in [0, 0.05) is 18.2 Å². The summed E-state index contributed by atoms with van der Waals surface area (Å²) in [5, 5.41) is 10.5. The Kier molecular flexibility index (Phi) is 2.70. The first-order valence-corrected chi connectivity index (χ1v) is 5.67. The summed E-state index contributed by atoms with van der Waals surface area (Å²) in [5.41, 5.74) is 0.411. The van der Waals surface area contributed by atoms with Crippen LogP contribution in [-0.4, -0.2) is 17.4 Å². The molecule has 2 rings (SSSR count). The Hall–Kier alpha value is -1.02. The quantitative estimate of drug-likeness (QED) is 0.762. The van der Waals surface area contributed by atoms with E-state index in [1.54, 1.807) is 0 Å². The van der Waals surface area contributed by atoms with Gasteiger partial charge in [-0.15, -0.1) is 0 Å². The number of piperidine rings is 1. The minimum absolute atomic E-state index is 0.325. The van der Waals surface area contributed by atoms with Crippen LogP contribution in [0.2, 0.25) is 0 Å². The molecule has 0 amide bonds. The summed E-state index contributed by atoms with van der Waals surface area (Å²) in [6, 6.07) is 10.2. The lowest BCUT2D eigenvalue weighted by Crippen LogP contribution is -2.54. The normalized spacial score (nSPS) is 31.7. The van der Waals surface area contributed by atoms with E-state index in [0.717, 1.165) is 25.1 Å². The molecule has 0 spiro atoms. The number of aliphatic hydroxyl groups is 1. The average molecular weight is 205 g/mol.